The van der Waals surface area contributed by atoms with Gasteiger partial charge in [-0.05, 0) is 49.6 Å². The molecule has 0 spiro atoms. The van der Waals surface area contributed by atoms with Crippen molar-refractivity contribution in [2.75, 3.05) is 31.6 Å². The average molecular weight is 415 g/mol. The smallest absolute Gasteiger partial charge is 0.243 e. The second-order valence-electron chi connectivity index (χ2n) is 7.32. The topological polar surface area (TPSA) is 67.9 Å². The van der Waals surface area contributed by atoms with Crippen molar-refractivity contribution in [3.05, 3.63) is 53.1 Å². The number of anilines is 1. The zero-order chi connectivity index (χ0) is 20.4. The number of likely N-dealkylation sites (N-methyl/N-ethyl adjacent to an activating group) is 1. The zero-order valence-corrected chi connectivity index (χ0v) is 17.0. The molecule has 1 aliphatic heterocycles. The number of hydrogen-bond acceptors (Lipinski definition) is 4. The molecular formula is C22H23ClN2O4. The molecule has 6 nitrogen and oxygen atoms in total. The lowest BCUT2D eigenvalue weighted by Gasteiger charge is -2.26. The number of ether oxygens (including phenoxy) is 2. The monoisotopic (exact) mass is 414 g/mol. The van der Waals surface area contributed by atoms with Crippen molar-refractivity contribution in [2.24, 2.45) is 0 Å². The minimum absolute atomic E-state index is 0.00785. The van der Waals surface area contributed by atoms with Crippen LogP contribution in [0.5, 0.6) is 11.5 Å². The second kappa shape index (κ2) is 7.95. The molecule has 2 aromatic rings. The molecule has 0 atom stereocenters. The largest absolute Gasteiger partial charge is 0.486 e. The highest BCUT2D eigenvalue weighted by Crippen LogP contribution is 2.50. The zero-order valence-electron chi connectivity index (χ0n) is 16.2. The predicted molar refractivity (Wildman–Crippen MR) is 111 cm³/mol. The molecular weight excluding hydrogens is 392 g/mol. The van der Waals surface area contributed by atoms with Gasteiger partial charge in [0.1, 0.15) is 13.2 Å². The number of nitrogens with zero attached hydrogens (tertiary/aromatic N) is 1. The first-order chi connectivity index (χ1) is 14.0. The third-order valence-corrected chi connectivity index (χ3v) is 5.60. The first-order valence-corrected chi connectivity index (χ1v) is 10.1. The summed E-state index contributed by atoms with van der Waals surface area (Å²) in [5, 5.41) is 3.45. The lowest BCUT2D eigenvalue weighted by molar-refractivity contribution is -0.136. The summed E-state index contributed by atoms with van der Waals surface area (Å²) in [6.07, 6.45) is 1.54. The Morgan fingerprint density at radius 3 is 2.55 bits per heavy atom. The molecule has 2 aromatic carbocycles. The Morgan fingerprint density at radius 1 is 1.10 bits per heavy atom. The number of amides is 2. The average Bonchev–Trinajstić information content (AvgIpc) is 3.53. The Bertz CT molecular complexity index is 942. The molecule has 1 heterocycles. The summed E-state index contributed by atoms with van der Waals surface area (Å²) in [5.74, 6) is 0.991. The van der Waals surface area contributed by atoms with E-state index in [1.807, 2.05) is 25.1 Å². The minimum atomic E-state index is -0.557. The Kier molecular flexibility index (Phi) is 5.37. The van der Waals surface area contributed by atoms with Gasteiger partial charge in [0.15, 0.2) is 11.5 Å². The molecule has 2 aliphatic rings. The van der Waals surface area contributed by atoms with Crippen molar-refractivity contribution in [2.45, 2.75) is 25.2 Å². The normalized spacial score (nSPS) is 16.1. The van der Waals surface area contributed by atoms with Crippen molar-refractivity contribution >= 4 is 29.1 Å². The number of hydrogen-bond donors (Lipinski definition) is 1. The molecule has 2 amide bonds. The van der Waals surface area contributed by atoms with Gasteiger partial charge >= 0.3 is 0 Å². The fourth-order valence-electron chi connectivity index (χ4n) is 3.66. The Morgan fingerprint density at radius 2 is 1.86 bits per heavy atom. The van der Waals surface area contributed by atoms with E-state index >= 15 is 0 Å². The summed E-state index contributed by atoms with van der Waals surface area (Å²) in [7, 11) is 0. The number of halogens is 1. The molecule has 1 N–H and O–H groups in total. The van der Waals surface area contributed by atoms with Gasteiger partial charge in [-0.3, -0.25) is 9.59 Å². The first kappa shape index (κ1) is 19.6. The van der Waals surface area contributed by atoms with Gasteiger partial charge in [0, 0.05) is 23.3 Å². The molecule has 1 fully saturated rings. The Labute approximate surface area is 174 Å². The third kappa shape index (κ3) is 4.03. The molecule has 0 saturated heterocycles. The van der Waals surface area contributed by atoms with Crippen LogP contribution < -0.4 is 14.8 Å². The van der Waals surface area contributed by atoms with E-state index < -0.39 is 5.41 Å². The molecule has 1 aliphatic carbocycles. The van der Waals surface area contributed by atoms with Gasteiger partial charge in [0.05, 0.1) is 12.0 Å². The van der Waals surface area contributed by atoms with Crippen LogP contribution in [-0.4, -0.2) is 43.0 Å². The molecule has 7 heteroatoms. The van der Waals surface area contributed by atoms with Crippen molar-refractivity contribution in [1.29, 1.82) is 0 Å². The number of carbonyl (C=O) groups excluding carboxylic acids is 2. The molecule has 29 heavy (non-hydrogen) atoms. The lowest BCUT2D eigenvalue weighted by atomic mass is 9.94. The lowest BCUT2D eigenvalue weighted by Crippen LogP contribution is -2.43. The minimum Gasteiger partial charge on any atom is -0.486 e. The number of carbonyl (C=O) groups is 2. The molecule has 152 valence electrons. The molecule has 0 bridgehead atoms. The number of nitrogens with one attached hydrogen (secondary N) is 1. The van der Waals surface area contributed by atoms with Crippen LogP contribution in [0.15, 0.2) is 42.5 Å². The van der Waals surface area contributed by atoms with Gasteiger partial charge in [-0.25, -0.2) is 0 Å². The Balaban J connectivity index is 1.43. The maximum absolute atomic E-state index is 13.2. The van der Waals surface area contributed by atoms with Gasteiger partial charge < -0.3 is 19.7 Å². The van der Waals surface area contributed by atoms with Crippen molar-refractivity contribution < 1.29 is 19.1 Å². The highest BCUT2D eigenvalue weighted by Gasteiger charge is 2.53. The van der Waals surface area contributed by atoms with E-state index in [0.29, 0.717) is 42.0 Å². The summed E-state index contributed by atoms with van der Waals surface area (Å²) in [6.45, 7) is 3.32. The summed E-state index contributed by atoms with van der Waals surface area (Å²) in [4.78, 5) is 27.4. The molecule has 0 radical (unpaired) electrons. The summed E-state index contributed by atoms with van der Waals surface area (Å²) < 4.78 is 11.0. The van der Waals surface area contributed by atoms with Gasteiger partial charge in [-0.15, -0.1) is 0 Å². The molecule has 0 aromatic heterocycles. The van der Waals surface area contributed by atoms with Gasteiger partial charge in [-0.2, -0.15) is 0 Å². The van der Waals surface area contributed by atoms with Crippen LogP contribution in [0.1, 0.15) is 25.3 Å². The maximum atomic E-state index is 13.2. The van der Waals surface area contributed by atoms with E-state index in [1.165, 1.54) is 0 Å². The highest BCUT2D eigenvalue weighted by atomic mass is 35.5. The standard InChI is InChI=1S/C22H23ClN2O4/c1-2-25(21(27)22(8-9-22)15-4-3-5-16(23)12-15)14-20(26)24-17-6-7-18-19(13-17)29-11-10-28-18/h3-7,12-13H,2,8-11,14H2,1H3,(H,24,26). The summed E-state index contributed by atoms with van der Waals surface area (Å²) in [6, 6.07) is 12.7. The van der Waals surface area contributed by atoms with Crippen LogP contribution in [0.2, 0.25) is 5.02 Å². The van der Waals surface area contributed by atoms with E-state index in [4.69, 9.17) is 21.1 Å². The van der Waals surface area contributed by atoms with Gasteiger partial charge in [0.2, 0.25) is 11.8 Å². The van der Waals surface area contributed by atoms with Crippen LogP contribution >= 0.6 is 11.6 Å². The molecule has 1 saturated carbocycles. The van der Waals surface area contributed by atoms with E-state index in [0.717, 1.165) is 18.4 Å². The third-order valence-electron chi connectivity index (χ3n) is 5.37. The maximum Gasteiger partial charge on any atom is 0.243 e. The van der Waals surface area contributed by atoms with Crippen LogP contribution in [-0.2, 0) is 15.0 Å². The number of fused-ring (bicyclic) bond motifs is 1. The number of rotatable bonds is 6. The summed E-state index contributed by atoms with van der Waals surface area (Å²) in [5.41, 5.74) is 0.970. The summed E-state index contributed by atoms with van der Waals surface area (Å²) >= 11 is 6.11. The van der Waals surface area contributed by atoms with Crippen LogP contribution in [0.3, 0.4) is 0 Å². The van der Waals surface area contributed by atoms with Crippen molar-refractivity contribution in [3.8, 4) is 11.5 Å². The van der Waals surface area contributed by atoms with E-state index in [1.54, 1.807) is 29.2 Å². The SMILES string of the molecule is CCN(CC(=O)Nc1ccc2c(c1)OCCO2)C(=O)C1(c2cccc(Cl)c2)CC1. The fourth-order valence-corrected chi connectivity index (χ4v) is 3.85. The predicted octanol–water partition coefficient (Wildman–Crippen LogP) is 3.63. The van der Waals surface area contributed by atoms with Gasteiger partial charge in [-0.1, -0.05) is 23.7 Å². The first-order valence-electron chi connectivity index (χ1n) is 9.77. The van der Waals surface area contributed by atoms with E-state index in [2.05, 4.69) is 5.32 Å². The van der Waals surface area contributed by atoms with Gasteiger partial charge in [0.25, 0.3) is 0 Å². The quantitative estimate of drug-likeness (QED) is 0.783. The highest BCUT2D eigenvalue weighted by molar-refractivity contribution is 6.30. The second-order valence-corrected chi connectivity index (χ2v) is 7.75. The van der Waals surface area contributed by atoms with Crippen LogP contribution in [0.25, 0.3) is 0 Å². The van der Waals surface area contributed by atoms with Crippen LogP contribution in [0, 0.1) is 0 Å². The molecule has 0 unspecified atom stereocenters. The van der Waals surface area contributed by atoms with E-state index in [-0.39, 0.29) is 18.4 Å². The number of benzene rings is 2. The molecule has 4 rings (SSSR count). The Hall–Kier alpha value is -2.73. The van der Waals surface area contributed by atoms with Crippen molar-refractivity contribution in [1.82, 2.24) is 4.90 Å². The van der Waals surface area contributed by atoms with Crippen LogP contribution in [0.4, 0.5) is 5.69 Å². The van der Waals surface area contributed by atoms with E-state index in [9.17, 15) is 9.59 Å². The fraction of sp³-hybridized carbons (Fsp3) is 0.364. The van der Waals surface area contributed by atoms with Crippen molar-refractivity contribution in [3.63, 3.8) is 0 Å².